The number of carbonyl (C=O) groups excluding carboxylic acids is 3. The van der Waals surface area contributed by atoms with Gasteiger partial charge < -0.3 is 25.8 Å². The zero-order valence-electron chi connectivity index (χ0n) is 13.7. The molecule has 0 aromatic heterocycles. The van der Waals surface area contributed by atoms with E-state index in [0.717, 1.165) is 5.56 Å². The Kier molecular flexibility index (Phi) is 5.58. The number of carboxylic acid groups (broad SMARTS) is 1. The van der Waals surface area contributed by atoms with Crippen molar-refractivity contribution in [1.29, 1.82) is 0 Å². The molecule has 0 aliphatic carbocycles. The number of amides is 2. The van der Waals surface area contributed by atoms with Gasteiger partial charge in [-0.25, -0.2) is 9.59 Å². The Morgan fingerprint density at radius 2 is 2.12 bits per heavy atom. The normalized spacial score (nSPS) is 14.3. The topological polar surface area (TPSA) is 139 Å². The molecule has 0 fully saturated rings. The van der Waals surface area contributed by atoms with E-state index in [1.54, 1.807) is 12.1 Å². The molecule has 1 aliphatic rings. The van der Waals surface area contributed by atoms with Crippen LogP contribution in [0.2, 0.25) is 0 Å². The third-order valence-corrected chi connectivity index (χ3v) is 3.65. The smallest absolute Gasteiger partial charge is 0.331 e. The molecule has 25 heavy (non-hydrogen) atoms. The van der Waals surface area contributed by atoms with Crippen molar-refractivity contribution in [3.8, 4) is 5.75 Å². The molecule has 1 aromatic carbocycles. The lowest BCUT2D eigenvalue weighted by molar-refractivity contribution is -0.142. The lowest BCUT2D eigenvalue weighted by atomic mass is 10.1. The molecule has 0 spiro atoms. The number of nitrogens with two attached hydrogens (primary N) is 1. The number of nitrogens with zero attached hydrogens (tertiary/aromatic N) is 1. The fourth-order valence-corrected chi connectivity index (χ4v) is 2.46. The zero-order chi connectivity index (χ0) is 18.6. The van der Waals surface area contributed by atoms with E-state index < -0.39 is 29.8 Å². The molecule has 9 heteroatoms. The Hall–Kier alpha value is -3.10. The van der Waals surface area contributed by atoms with E-state index in [-0.39, 0.29) is 25.9 Å². The van der Waals surface area contributed by atoms with Crippen molar-refractivity contribution in [2.24, 2.45) is 5.73 Å². The van der Waals surface area contributed by atoms with E-state index >= 15 is 0 Å². The number of primary amides is 1. The number of carboxylic acids is 1. The molecule has 2 amide bonds. The van der Waals surface area contributed by atoms with Crippen LogP contribution in [0.1, 0.15) is 18.4 Å². The summed E-state index contributed by atoms with van der Waals surface area (Å²) in [7, 11) is 0. The van der Waals surface area contributed by atoms with Crippen molar-refractivity contribution >= 4 is 29.4 Å². The Bertz CT molecular complexity index is 718. The fourth-order valence-electron chi connectivity index (χ4n) is 2.46. The van der Waals surface area contributed by atoms with Crippen molar-refractivity contribution in [3.05, 3.63) is 23.8 Å². The first-order valence-electron chi connectivity index (χ1n) is 7.63. The molecule has 0 bridgehead atoms. The lowest BCUT2D eigenvalue weighted by Gasteiger charge is -2.29. The van der Waals surface area contributed by atoms with Crippen molar-refractivity contribution < 1.29 is 29.0 Å². The van der Waals surface area contributed by atoms with Crippen LogP contribution in [-0.2, 0) is 19.2 Å². The number of hydrogen-bond acceptors (Lipinski definition) is 6. The van der Waals surface area contributed by atoms with E-state index in [4.69, 9.17) is 15.6 Å². The van der Waals surface area contributed by atoms with E-state index in [0.29, 0.717) is 11.4 Å². The average Bonchev–Trinajstić information content (AvgIpc) is 2.50. The number of hydrogen-bond donors (Lipinski definition) is 3. The number of aryl methyl sites for hydroxylation is 1. The predicted molar refractivity (Wildman–Crippen MR) is 87.0 cm³/mol. The summed E-state index contributed by atoms with van der Waals surface area (Å²) in [5, 5.41) is 11.5. The van der Waals surface area contributed by atoms with Gasteiger partial charge in [-0.05, 0) is 31.0 Å². The standard InChI is InChI=1S/C16H19N3O6/c1-9-2-4-11-12(6-9)25-15(22)8-19(11)7-14(21)18-10(16(23)24)3-5-13(17)20/h2,4,6,10H,3,5,7-8H2,1H3,(H2,17,20)(H,18,21)(H,23,24). The summed E-state index contributed by atoms with van der Waals surface area (Å²) in [6.07, 6.45) is -0.260. The minimum Gasteiger partial charge on any atom is -0.480 e. The Morgan fingerprint density at radius 3 is 2.76 bits per heavy atom. The molecule has 1 aliphatic heterocycles. The maximum atomic E-state index is 12.2. The molecule has 0 saturated heterocycles. The largest absolute Gasteiger partial charge is 0.480 e. The molecule has 1 atom stereocenters. The number of anilines is 1. The lowest BCUT2D eigenvalue weighted by Crippen LogP contribution is -2.48. The molecule has 4 N–H and O–H groups in total. The van der Waals surface area contributed by atoms with E-state index in [1.165, 1.54) is 4.90 Å². The van der Waals surface area contributed by atoms with Gasteiger partial charge in [0.1, 0.15) is 12.6 Å². The number of carbonyl (C=O) groups is 4. The quantitative estimate of drug-likeness (QED) is 0.448. The fraction of sp³-hybridized carbons (Fsp3) is 0.375. The van der Waals surface area contributed by atoms with Crippen LogP contribution >= 0.6 is 0 Å². The third-order valence-electron chi connectivity index (χ3n) is 3.65. The maximum Gasteiger partial charge on any atom is 0.331 e. The molecule has 9 nitrogen and oxygen atoms in total. The highest BCUT2D eigenvalue weighted by atomic mass is 16.5. The molecule has 1 heterocycles. The predicted octanol–water partition coefficient (Wildman–Crippen LogP) is -0.445. The Labute approximate surface area is 143 Å². The van der Waals surface area contributed by atoms with Gasteiger partial charge in [-0.2, -0.15) is 0 Å². The van der Waals surface area contributed by atoms with Crippen molar-refractivity contribution in [2.45, 2.75) is 25.8 Å². The van der Waals surface area contributed by atoms with Gasteiger partial charge in [0, 0.05) is 6.42 Å². The molecule has 2 rings (SSSR count). The summed E-state index contributed by atoms with van der Waals surface area (Å²) in [6.45, 7) is 1.50. The van der Waals surface area contributed by atoms with Gasteiger partial charge in [0.15, 0.2) is 5.75 Å². The number of rotatable bonds is 7. The van der Waals surface area contributed by atoms with Crippen LogP contribution in [0.15, 0.2) is 18.2 Å². The average molecular weight is 349 g/mol. The summed E-state index contributed by atoms with van der Waals surface area (Å²) in [4.78, 5) is 47.3. The van der Waals surface area contributed by atoms with Crippen LogP contribution in [0.25, 0.3) is 0 Å². The monoisotopic (exact) mass is 349 g/mol. The van der Waals surface area contributed by atoms with Crippen molar-refractivity contribution in [3.63, 3.8) is 0 Å². The van der Waals surface area contributed by atoms with E-state index in [2.05, 4.69) is 5.32 Å². The van der Waals surface area contributed by atoms with Gasteiger partial charge in [0.25, 0.3) is 0 Å². The van der Waals surface area contributed by atoms with E-state index in [9.17, 15) is 19.2 Å². The second-order valence-corrected chi connectivity index (χ2v) is 5.76. The zero-order valence-corrected chi connectivity index (χ0v) is 13.7. The first-order valence-corrected chi connectivity index (χ1v) is 7.63. The van der Waals surface area contributed by atoms with Gasteiger partial charge in [-0.1, -0.05) is 6.07 Å². The summed E-state index contributed by atoms with van der Waals surface area (Å²) in [6, 6.07) is 4.00. The summed E-state index contributed by atoms with van der Waals surface area (Å²) >= 11 is 0. The summed E-state index contributed by atoms with van der Waals surface area (Å²) < 4.78 is 5.15. The van der Waals surface area contributed by atoms with Crippen LogP contribution in [0.4, 0.5) is 5.69 Å². The molecule has 134 valence electrons. The highest BCUT2D eigenvalue weighted by molar-refractivity contribution is 5.91. The number of benzene rings is 1. The Balaban J connectivity index is 2.06. The van der Waals surface area contributed by atoms with Crippen molar-refractivity contribution in [1.82, 2.24) is 5.32 Å². The second kappa shape index (κ2) is 7.65. The van der Waals surface area contributed by atoms with Gasteiger partial charge >= 0.3 is 11.9 Å². The minimum absolute atomic E-state index is 0.103. The Morgan fingerprint density at radius 1 is 1.40 bits per heavy atom. The van der Waals surface area contributed by atoms with Gasteiger partial charge in [0.2, 0.25) is 11.8 Å². The first kappa shape index (κ1) is 18.2. The number of aliphatic carboxylic acids is 1. The molecular weight excluding hydrogens is 330 g/mol. The highest BCUT2D eigenvalue weighted by Crippen LogP contribution is 2.32. The molecule has 1 aromatic rings. The van der Waals surface area contributed by atoms with E-state index in [1.807, 2.05) is 13.0 Å². The van der Waals surface area contributed by atoms with Crippen LogP contribution in [0, 0.1) is 6.92 Å². The number of fused-ring (bicyclic) bond motifs is 1. The molecule has 1 unspecified atom stereocenters. The minimum atomic E-state index is -1.26. The van der Waals surface area contributed by atoms with Crippen molar-refractivity contribution in [2.75, 3.05) is 18.0 Å². The molecule has 0 radical (unpaired) electrons. The van der Waals surface area contributed by atoms with Gasteiger partial charge in [-0.3, -0.25) is 9.59 Å². The summed E-state index contributed by atoms with van der Waals surface area (Å²) in [5.74, 6) is -2.65. The third kappa shape index (κ3) is 4.93. The highest BCUT2D eigenvalue weighted by Gasteiger charge is 2.27. The maximum absolute atomic E-state index is 12.2. The van der Waals surface area contributed by atoms with Crippen LogP contribution in [0.5, 0.6) is 5.75 Å². The number of esters is 1. The first-order chi connectivity index (χ1) is 11.8. The SMILES string of the molecule is Cc1ccc2c(c1)OC(=O)CN2CC(=O)NC(CCC(N)=O)C(=O)O. The summed E-state index contributed by atoms with van der Waals surface area (Å²) in [5.41, 5.74) is 6.47. The van der Waals surface area contributed by atoms with Crippen LogP contribution in [-0.4, -0.2) is 48.0 Å². The van der Waals surface area contributed by atoms with Crippen LogP contribution < -0.4 is 20.7 Å². The van der Waals surface area contributed by atoms with Crippen LogP contribution in [0.3, 0.4) is 0 Å². The number of ether oxygens (including phenoxy) is 1. The number of nitrogens with one attached hydrogen (secondary N) is 1. The van der Waals surface area contributed by atoms with Gasteiger partial charge in [0.05, 0.1) is 12.2 Å². The molecular formula is C16H19N3O6. The second-order valence-electron chi connectivity index (χ2n) is 5.76. The molecule has 0 saturated carbocycles. The van der Waals surface area contributed by atoms with Gasteiger partial charge in [-0.15, -0.1) is 0 Å².